The lowest BCUT2D eigenvalue weighted by Gasteiger charge is -2.15. The first-order valence-electron chi connectivity index (χ1n) is 7.66. The Kier molecular flexibility index (Phi) is 6.32. The molecule has 0 spiro atoms. The van der Waals surface area contributed by atoms with Gasteiger partial charge in [-0.25, -0.2) is 0 Å². The molecule has 9 nitrogen and oxygen atoms in total. The first-order chi connectivity index (χ1) is 13.0. The van der Waals surface area contributed by atoms with Gasteiger partial charge in [-0.1, -0.05) is 10.3 Å². The number of nitrogens with zero attached hydrogens (tertiary/aromatic N) is 2. The number of ether oxygens (including phenoxy) is 4. The SMILES string of the molecule is COc1ccc(C(=N\O)/C(=N\O)c2cc(OC)c(OC)c(OC)c2)cc1O. The Morgan fingerprint density at radius 3 is 1.63 bits per heavy atom. The van der Waals surface area contributed by atoms with E-state index in [4.69, 9.17) is 18.9 Å². The minimum absolute atomic E-state index is 0.0821. The number of hydrogen-bond donors (Lipinski definition) is 3. The van der Waals surface area contributed by atoms with Crippen LogP contribution in [0.25, 0.3) is 0 Å². The van der Waals surface area contributed by atoms with Gasteiger partial charge >= 0.3 is 0 Å². The topological polar surface area (TPSA) is 122 Å². The molecule has 0 unspecified atom stereocenters. The van der Waals surface area contributed by atoms with Crippen LogP contribution in [-0.2, 0) is 0 Å². The van der Waals surface area contributed by atoms with Gasteiger partial charge in [0.2, 0.25) is 5.75 Å². The van der Waals surface area contributed by atoms with E-state index >= 15 is 0 Å². The molecule has 0 aromatic heterocycles. The van der Waals surface area contributed by atoms with Crippen molar-refractivity contribution >= 4 is 11.4 Å². The predicted octanol–water partition coefficient (Wildman–Crippen LogP) is 2.48. The second kappa shape index (κ2) is 8.65. The standard InChI is InChI=1S/C18H20N2O7/c1-24-13-6-5-10(7-12(13)21)16(19-22)17(20-23)11-8-14(25-2)18(27-4)15(9-11)26-3/h5-9,21-23H,1-4H3/b19-16+,20-17-. The zero-order valence-electron chi connectivity index (χ0n) is 15.3. The number of hydrogen-bond acceptors (Lipinski definition) is 9. The predicted molar refractivity (Wildman–Crippen MR) is 97.4 cm³/mol. The van der Waals surface area contributed by atoms with E-state index < -0.39 is 0 Å². The number of oxime groups is 2. The van der Waals surface area contributed by atoms with E-state index in [0.29, 0.717) is 22.8 Å². The van der Waals surface area contributed by atoms with Crippen molar-refractivity contribution in [1.29, 1.82) is 0 Å². The van der Waals surface area contributed by atoms with Crippen LogP contribution in [0.3, 0.4) is 0 Å². The van der Waals surface area contributed by atoms with Gasteiger partial charge in [0.25, 0.3) is 0 Å². The van der Waals surface area contributed by atoms with E-state index in [1.165, 1.54) is 58.8 Å². The number of methoxy groups -OCH3 is 4. The van der Waals surface area contributed by atoms with E-state index in [0.717, 1.165) is 0 Å². The molecule has 0 aliphatic rings. The van der Waals surface area contributed by atoms with E-state index in [2.05, 4.69) is 10.3 Å². The van der Waals surface area contributed by atoms with Crippen LogP contribution in [0.2, 0.25) is 0 Å². The molecule has 0 saturated carbocycles. The molecule has 2 rings (SSSR count). The zero-order valence-corrected chi connectivity index (χ0v) is 15.3. The summed E-state index contributed by atoms with van der Waals surface area (Å²) in [7, 11) is 5.76. The minimum Gasteiger partial charge on any atom is -0.504 e. The molecule has 2 aromatic rings. The fourth-order valence-corrected chi connectivity index (χ4v) is 2.54. The highest BCUT2D eigenvalue weighted by atomic mass is 16.5. The highest BCUT2D eigenvalue weighted by Gasteiger charge is 2.22. The van der Waals surface area contributed by atoms with E-state index in [1.54, 1.807) is 0 Å². The van der Waals surface area contributed by atoms with Crippen LogP contribution < -0.4 is 18.9 Å². The van der Waals surface area contributed by atoms with Gasteiger partial charge in [-0.2, -0.15) is 0 Å². The minimum atomic E-state index is -0.168. The van der Waals surface area contributed by atoms with Gasteiger partial charge in [0, 0.05) is 11.1 Å². The maximum atomic E-state index is 9.97. The lowest BCUT2D eigenvalue weighted by molar-refractivity contribution is 0.314. The third kappa shape index (κ3) is 3.81. The van der Waals surface area contributed by atoms with Crippen molar-refractivity contribution in [2.45, 2.75) is 0 Å². The van der Waals surface area contributed by atoms with Crippen molar-refractivity contribution in [3.05, 3.63) is 41.5 Å². The second-order valence-corrected chi connectivity index (χ2v) is 5.20. The van der Waals surface area contributed by atoms with Gasteiger partial charge in [-0.15, -0.1) is 0 Å². The number of benzene rings is 2. The summed E-state index contributed by atoms with van der Waals surface area (Å²) in [5.74, 6) is 1.07. The molecule has 0 amide bonds. The van der Waals surface area contributed by atoms with Crippen LogP contribution in [0, 0.1) is 0 Å². The van der Waals surface area contributed by atoms with Crippen LogP contribution in [0.5, 0.6) is 28.7 Å². The van der Waals surface area contributed by atoms with Crippen molar-refractivity contribution < 1.29 is 34.5 Å². The van der Waals surface area contributed by atoms with Crippen LogP contribution in [0.4, 0.5) is 0 Å². The lowest BCUT2D eigenvalue weighted by atomic mass is 9.98. The van der Waals surface area contributed by atoms with Crippen molar-refractivity contribution in [2.75, 3.05) is 28.4 Å². The van der Waals surface area contributed by atoms with Crippen molar-refractivity contribution in [2.24, 2.45) is 10.3 Å². The molecule has 0 heterocycles. The van der Waals surface area contributed by atoms with Crippen molar-refractivity contribution in [3.8, 4) is 28.7 Å². The van der Waals surface area contributed by atoms with Crippen molar-refractivity contribution in [3.63, 3.8) is 0 Å². The zero-order chi connectivity index (χ0) is 20.0. The summed E-state index contributed by atoms with van der Waals surface area (Å²) >= 11 is 0. The van der Waals surface area contributed by atoms with Crippen LogP contribution >= 0.6 is 0 Å². The molecule has 0 saturated heterocycles. The molecule has 3 N–H and O–H groups in total. The molecule has 144 valence electrons. The third-order valence-corrected chi connectivity index (χ3v) is 3.81. The fourth-order valence-electron chi connectivity index (χ4n) is 2.54. The van der Waals surface area contributed by atoms with Gasteiger partial charge in [-0.3, -0.25) is 0 Å². The Balaban J connectivity index is 2.59. The molecule has 0 radical (unpaired) electrons. The smallest absolute Gasteiger partial charge is 0.203 e. The van der Waals surface area contributed by atoms with E-state index in [1.807, 2.05) is 0 Å². The maximum absolute atomic E-state index is 9.97. The van der Waals surface area contributed by atoms with E-state index in [9.17, 15) is 15.5 Å². The maximum Gasteiger partial charge on any atom is 0.203 e. The Bertz CT molecular complexity index is 853. The molecule has 0 aliphatic heterocycles. The summed E-state index contributed by atoms with van der Waals surface area (Å²) in [5.41, 5.74) is 0.443. The Morgan fingerprint density at radius 2 is 1.22 bits per heavy atom. The van der Waals surface area contributed by atoms with Gasteiger partial charge < -0.3 is 34.5 Å². The largest absolute Gasteiger partial charge is 0.504 e. The Hall–Kier alpha value is -3.62. The molecule has 0 bridgehead atoms. The second-order valence-electron chi connectivity index (χ2n) is 5.20. The normalized spacial score (nSPS) is 11.9. The molecule has 9 heteroatoms. The van der Waals surface area contributed by atoms with Gasteiger partial charge in [0.1, 0.15) is 11.4 Å². The molecular formula is C18H20N2O7. The number of phenolic OH excluding ortho intramolecular Hbond substituents is 1. The summed E-state index contributed by atoms with van der Waals surface area (Å²) in [6.07, 6.45) is 0. The molecule has 27 heavy (non-hydrogen) atoms. The average Bonchev–Trinajstić information content (AvgIpc) is 2.70. The molecule has 0 fully saturated rings. The Labute approximate surface area is 155 Å². The van der Waals surface area contributed by atoms with E-state index in [-0.39, 0.29) is 28.5 Å². The summed E-state index contributed by atoms with van der Waals surface area (Å²) in [6.45, 7) is 0. The quantitative estimate of drug-likeness (QED) is 0.385. The van der Waals surface area contributed by atoms with Crippen molar-refractivity contribution in [1.82, 2.24) is 0 Å². The highest BCUT2D eigenvalue weighted by Crippen LogP contribution is 2.38. The summed E-state index contributed by atoms with van der Waals surface area (Å²) in [4.78, 5) is 0. The summed E-state index contributed by atoms with van der Waals surface area (Å²) in [6, 6.07) is 7.41. The number of phenols is 1. The highest BCUT2D eigenvalue weighted by molar-refractivity contribution is 6.53. The first kappa shape index (κ1) is 19.7. The first-order valence-corrected chi connectivity index (χ1v) is 7.66. The molecular weight excluding hydrogens is 356 g/mol. The van der Waals surface area contributed by atoms with Gasteiger partial charge in [0.05, 0.1) is 28.4 Å². The summed E-state index contributed by atoms with van der Waals surface area (Å²) in [5, 5.41) is 35.5. The monoisotopic (exact) mass is 376 g/mol. The summed E-state index contributed by atoms with van der Waals surface area (Å²) < 4.78 is 20.8. The van der Waals surface area contributed by atoms with Gasteiger partial charge in [0.15, 0.2) is 23.0 Å². The number of rotatable bonds is 7. The van der Waals surface area contributed by atoms with Gasteiger partial charge in [-0.05, 0) is 30.3 Å². The van der Waals surface area contributed by atoms with Crippen LogP contribution in [0.15, 0.2) is 40.6 Å². The van der Waals surface area contributed by atoms with Crippen LogP contribution in [-0.4, -0.2) is 55.4 Å². The molecule has 0 aliphatic carbocycles. The average molecular weight is 376 g/mol. The molecule has 0 atom stereocenters. The number of aromatic hydroxyl groups is 1. The fraction of sp³-hybridized carbons (Fsp3) is 0.222. The Morgan fingerprint density at radius 1 is 0.704 bits per heavy atom. The molecule has 2 aromatic carbocycles. The van der Waals surface area contributed by atoms with Crippen LogP contribution in [0.1, 0.15) is 11.1 Å². The third-order valence-electron chi connectivity index (χ3n) is 3.81. The lowest BCUT2D eigenvalue weighted by Crippen LogP contribution is -2.18.